The van der Waals surface area contributed by atoms with E-state index in [1.54, 1.807) is 0 Å². The molecule has 0 spiro atoms. The van der Waals surface area contributed by atoms with Gasteiger partial charge in [-0.3, -0.25) is 9.59 Å². The normalized spacial score (nSPS) is 25.4. The number of carboxylic acids is 1. The summed E-state index contributed by atoms with van der Waals surface area (Å²) in [4.78, 5) is 23.3. The van der Waals surface area contributed by atoms with Crippen molar-refractivity contribution in [3.8, 4) is 0 Å². The molecule has 108 valence electrons. The summed E-state index contributed by atoms with van der Waals surface area (Å²) in [6.07, 6.45) is 0.955. The van der Waals surface area contributed by atoms with Crippen LogP contribution in [0.2, 0.25) is 5.02 Å². The Morgan fingerprint density at radius 3 is 2.65 bits per heavy atom. The van der Waals surface area contributed by atoms with Crippen LogP contribution in [-0.4, -0.2) is 17.0 Å². The number of aliphatic carboxylic acids is 1. The summed E-state index contributed by atoms with van der Waals surface area (Å²) in [7, 11) is 0. The van der Waals surface area contributed by atoms with Crippen molar-refractivity contribution < 1.29 is 19.1 Å². The zero-order valence-electron chi connectivity index (χ0n) is 10.9. The molecule has 0 saturated heterocycles. The number of benzene rings is 1. The van der Waals surface area contributed by atoms with Gasteiger partial charge in [-0.15, -0.1) is 0 Å². The van der Waals surface area contributed by atoms with Gasteiger partial charge in [0.05, 0.1) is 22.5 Å². The van der Waals surface area contributed by atoms with E-state index in [0.29, 0.717) is 12.8 Å². The van der Waals surface area contributed by atoms with E-state index in [9.17, 15) is 14.0 Å². The number of rotatable bonds is 3. The standard InChI is InChI=1S/C14H15ClFNO3/c1-7-5-8(9(6-7)14(19)20)13(18)17-11-4-2-3-10(15)12(11)16/h2-4,7-9H,5-6H2,1H3,(H,17,18)(H,19,20). The first kappa shape index (κ1) is 14.8. The molecular formula is C14H15ClFNO3. The second kappa shape index (κ2) is 5.79. The number of carbonyl (C=O) groups is 2. The van der Waals surface area contributed by atoms with E-state index in [1.165, 1.54) is 18.2 Å². The molecule has 1 aromatic carbocycles. The van der Waals surface area contributed by atoms with Crippen molar-refractivity contribution >= 4 is 29.2 Å². The highest BCUT2D eigenvalue weighted by Gasteiger charge is 2.41. The van der Waals surface area contributed by atoms with Crippen LogP contribution in [0, 0.1) is 23.6 Å². The zero-order chi connectivity index (χ0) is 14.9. The van der Waals surface area contributed by atoms with Crippen LogP contribution in [0.1, 0.15) is 19.8 Å². The van der Waals surface area contributed by atoms with E-state index in [2.05, 4.69) is 5.32 Å². The number of hydrogen-bond donors (Lipinski definition) is 2. The quantitative estimate of drug-likeness (QED) is 0.901. The molecule has 0 radical (unpaired) electrons. The fourth-order valence-electron chi connectivity index (χ4n) is 2.68. The summed E-state index contributed by atoms with van der Waals surface area (Å²) in [5.74, 6) is -3.35. The molecule has 1 aliphatic carbocycles. The number of nitrogens with one attached hydrogen (secondary N) is 1. The van der Waals surface area contributed by atoms with Gasteiger partial charge in [-0.05, 0) is 30.9 Å². The molecular weight excluding hydrogens is 285 g/mol. The van der Waals surface area contributed by atoms with Gasteiger partial charge in [-0.1, -0.05) is 24.6 Å². The lowest BCUT2D eigenvalue weighted by molar-refractivity contribution is -0.145. The Labute approximate surface area is 120 Å². The van der Waals surface area contributed by atoms with Gasteiger partial charge in [0.2, 0.25) is 5.91 Å². The average molecular weight is 300 g/mol. The Morgan fingerprint density at radius 2 is 2.00 bits per heavy atom. The van der Waals surface area contributed by atoms with Crippen molar-refractivity contribution in [1.29, 1.82) is 0 Å². The van der Waals surface area contributed by atoms with E-state index in [-0.39, 0.29) is 16.6 Å². The molecule has 1 saturated carbocycles. The summed E-state index contributed by atoms with van der Waals surface area (Å²) >= 11 is 5.64. The lowest BCUT2D eigenvalue weighted by Crippen LogP contribution is -2.30. The molecule has 0 bridgehead atoms. The highest BCUT2D eigenvalue weighted by atomic mass is 35.5. The molecule has 1 fully saturated rings. The fraction of sp³-hybridized carbons (Fsp3) is 0.429. The van der Waals surface area contributed by atoms with Crippen LogP contribution in [0.5, 0.6) is 0 Å². The number of carbonyl (C=O) groups excluding carboxylic acids is 1. The Balaban J connectivity index is 2.15. The van der Waals surface area contributed by atoms with Crippen molar-refractivity contribution in [1.82, 2.24) is 0 Å². The molecule has 0 aliphatic heterocycles. The first-order valence-electron chi connectivity index (χ1n) is 6.37. The van der Waals surface area contributed by atoms with Crippen molar-refractivity contribution in [3.63, 3.8) is 0 Å². The first-order chi connectivity index (χ1) is 9.40. The van der Waals surface area contributed by atoms with Crippen LogP contribution in [0.15, 0.2) is 18.2 Å². The van der Waals surface area contributed by atoms with Gasteiger partial charge in [0.1, 0.15) is 0 Å². The highest BCUT2D eigenvalue weighted by Crippen LogP contribution is 2.37. The molecule has 0 aromatic heterocycles. The first-order valence-corrected chi connectivity index (χ1v) is 6.75. The van der Waals surface area contributed by atoms with E-state index < -0.39 is 29.5 Å². The Bertz CT molecular complexity index is 549. The molecule has 1 aliphatic rings. The van der Waals surface area contributed by atoms with E-state index in [4.69, 9.17) is 16.7 Å². The molecule has 1 aromatic rings. The SMILES string of the molecule is CC1CC(C(=O)O)C(C(=O)Nc2cccc(Cl)c2F)C1. The van der Waals surface area contributed by atoms with Gasteiger partial charge in [-0.25, -0.2) is 4.39 Å². The molecule has 6 heteroatoms. The summed E-state index contributed by atoms with van der Waals surface area (Å²) < 4.78 is 13.7. The highest BCUT2D eigenvalue weighted by molar-refractivity contribution is 6.31. The van der Waals surface area contributed by atoms with Crippen LogP contribution >= 0.6 is 11.6 Å². The van der Waals surface area contributed by atoms with Crippen LogP contribution in [0.4, 0.5) is 10.1 Å². The molecule has 1 amide bonds. The minimum Gasteiger partial charge on any atom is -0.481 e. The molecule has 3 unspecified atom stereocenters. The lowest BCUT2D eigenvalue weighted by Gasteiger charge is -2.16. The Hall–Kier alpha value is -1.62. The van der Waals surface area contributed by atoms with Gasteiger partial charge >= 0.3 is 5.97 Å². The minimum absolute atomic E-state index is 0.0220. The monoisotopic (exact) mass is 299 g/mol. The van der Waals surface area contributed by atoms with Crippen molar-refractivity contribution in [3.05, 3.63) is 29.0 Å². The van der Waals surface area contributed by atoms with Crippen LogP contribution < -0.4 is 5.32 Å². The lowest BCUT2D eigenvalue weighted by atomic mass is 9.95. The van der Waals surface area contributed by atoms with Crippen LogP contribution in [0.3, 0.4) is 0 Å². The third kappa shape index (κ3) is 2.93. The molecule has 20 heavy (non-hydrogen) atoms. The molecule has 2 rings (SSSR count). The average Bonchev–Trinajstić information content (AvgIpc) is 2.77. The maximum absolute atomic E-state index is 13.7. The minimum atomic E-state index is -0.985. The maximum Gasteiger partial charge on any atom is 0.307 e. The number of amides is 1. The van der Waals surface area contributed by atoms with Gasteiger partial charge in [-0.2, -0.15) is 0 Å². The smallest absolute Gasteiger partial charge is 0.307 e. The second-order valence-electron chi connectivity index (χ2n) is 5.22. The van der Waals surface area contributed by atoms with E-state index in [1.807, 2.05) is 6.92 Å². The zero-order valence-corrected chi connectivity index (χ0v) is 11.7. The largest absolute Gasteiger partial charge is 0.481 e. The Morgan fingerprint density at radius 1 is 1.35 bits per heavy atom. The van der Waals surface area contributed by atoms with Crippen molar-refractivity contribution in [2.45, 2.75) is 19.8 Å². The summed E-state index contributed by atoms with van der Waals surface area (Å²) in [6, 6.07) is 4.30. The Kier molecular flexibility index (Phi) is 4.28. The predicted octanol–water partition coefficient (Wildman–Crippen LogP) is 3.16. The summed E-state index contributed by atoms with van der Waals surface area (Å²) in [5.41, 5.74) is -0.0220. The number of carboxylic acid groups (broad SMARTS) is 1. The van der Waals surface area contributed by atoms with Crippen molar-refractivity contribution in [2.24, 2.45) is 17.8 Å². The summed E-state index contributed by atoms with van der Waals surface area (Å²) in [6.45, 7) is 1.91. The van der Waals surface area contributed by atoms with Gasteiger partial charge in [0.25, 0.3) is 0 Å². The topological polar surface area (TPSA) is 66.4 Å². The predicted molar refractivity (Wildman–Crippen MR) is 73.1 cm³/mol. The number of anilines is 1. The fourth-order valence-corrected chi connectivity index (χ4v) is 2.85. The van der Waals surface area contributed by atoms with E-state index >= 15 is 0 Å². The second-order valence-corrected chi connectivity index (χ2v) is 5.63. The third-order valence-electron chi connectivity index (χ3n) is 3.66. The maximum atomic E-state index is 13.7. The van der Waals surface area contributed by atoms with E-state index in [0.717, 1.165) is 0 Å². The molecule has 0 heterocycles. The van der Waals surface area contributed by atoms with Gasteiger partial charge in [0.15, 0.2) is 5.82 Å². The van der Waals surface area contributed by atoms with Crippen LogP contribution in [0.25, 0.3) is 0 Å². The number of hydrogen-bond acceptors (Lipinski definition) is 2. The van der Waals surface area contributed by atoms with Gasteiger partial charge < -0.3 is 10.4 Å². The third-order valence-corrected chi connectivity index (χ3v) is 3.95. The van der Waals surface area contributed by atoms with Gasteiger partial charge in [0, 0.05) is 0 Å². The number of halogens is 2. The molecule has 4 nitrogen and oxygen atoms in total. The van der Waals surface area contributed by atoms with Crippen molar-refractivity contribution in [2.75, 3.05) is 5.32 Å². The molecule has 3 atom stereocenters. The summed E-state index contributed by atoms with van der Waals surface area (Å²) in [5, 5.41) is 11.5. The van der Waals surface area contributed by atoms with Crippen LogP contribution in [-0.2, 0) is 9.59 Å². The molecule has 2 N–H and O–H groups in total.